The van der Waals surface area contributed by atoms with E-state index in [1.807, 2.05) is 0 Å². The predicted octanol–water partition coefficient (Wildman–Crippen LogP) is 3.44. The van der Waals surface area contributed by atoms with Gasteiger partial charge in [0.1, 0.15) is 5.82 Å². The molecule has 0 spiro atoms. The van der Waals surface area contributed by atoms with Crippen molar-refractivity contribution < 1.29 is 23.8 Å². The lowest BCUT2D eigenvalue weighted by atomic mass is 10.1. The molecule has 0 saturated heterocycles. The highest BCUT2D eigenvalue weighted by atomic mass is 19.1. The molecule has 6 heteroatoms. The van der Waals surface area contributed by atoms with Crippen LogP contribution in [-0.2, 0) is 4.79 Å². The van der Waals surface area contributed by atoms with Crippen LogP contribution in [0.1, 0.15) is 24.2 Å². The summed E-state index contributed by atoms with van der Waals surface area (Å²) in [5.74, 6) is 0.371. The van der Waals surface area contributed by atoms with Gasteiger partial charge in [-0.3, -0.25) is 4.79 Å². The third kappa shape index (κ3) is 5.08. The largest absolute Gasteiger partial charge is 0.493 e. The number of likely N-dealkylation sites (N-methyl/N-ethyl adjacent to an activating group) is 1. The van der Waals surface area contributed by atoms with Crippen LogP contribution in [0.25, 0.3) is 6.08 Å². The maximum atomic E-state index is 13.7. The summed E-state index contributed by atoms with van der Waals surface area (Å²) in [7, 11) is 4.64. The molecule has 1 amide bonds. The Bertz CT molecular complexity index is 835. The van der Waals surface area contributed by atoms with Gasteiger partial charge < -0.3 is 19.5 Å². The molecule has 2 aromatic carbocycles. The minimum absolute atomic E-state index is 0.0801. The molecule has 144 valence electrons. The Morgan fingerprint density at radius 1 is 1.19 bits per heavy atom. The van der Waals surface area contributed by atoms with E-state index in [2.05, 4.69) is 0 Å². The third-order valence-electron chi connectivity index (χ3n) is 4.20. The van der Waals surface area contributed by atoms with Crippen LogP contribution in [0.4, 0.5) is 4.39 Å². The number of rotatable bonds is 7. The van der Waals surface area contributed by atoms with Crippen molar-refractivity contribution in [2.75, 3.05) is 27.8 Å². The lowest BCUT2D eigenvalue weighted by molar-refractivity contribution is -0.127. The Kier molecular flexibility index (Phi) is 6.96. The van der Waals surface area contributed by atoms with E-state index in [1.54, 1.807) is 50.4 Å². The number of aliphatic hydroxyl groups excluding tert-OH is 1. The number of amides is 1. The quantitative estimate of drug-likeness (QED) is 0.756. The molecule has 2 rings (SSSR count). The van der Waals surface area contributed by atoms with Gasteiger partial charge >= 0.3 is 0 Å². The maximum Gasteiger partial charge on any atom is 0.249 e. The molecule has 1 N–H and O–H groups in total. The Morgan fingerprint density at radius 2 is 1.85 bits per heavy atom. The molecule has 0 aliphatic heterocycles. The second kappa shape index (κ2) is 9.19. The molecule has 2 aromatic rings. The van der Waals surface area contributed by atoms with Crippen molar-refractivity contribution in [2.45, 2.75) is 13.0 Å². The summed E-state index contributed by atoms with van der Waals surface area (Å²) in [5, 5.41) is 10.5. The van der Waals surface area contributed by atoms with Crippen LogP contribution in [0, 0.1) is 5.82 Å². The number of aliphatic hydroxyl groups is 1. The number of halogens is 1. The van der Waals surface area contributed by atoms with E-state index in [-0.39, 0.29) is 12.5 Å². The summed E-state index contributed by atoms with van der Waals surface area (Å²) in [6.07, 6.45) is 0.594. The van der Waals surface area contributed by atoms with E-state index in [9.17, 15) is 14.3 Å². The first kappa shape index (κ1) is 20.5. The lowest BCUT2D eigenvalue weighted by Crippen LogP contribution is -2.31. The van der Waals surface area contributed by atoms with Gasteiger partial charge in [0.05, 0.1) is 26.9 Å². The zero-order chi connectivity index (χ0) is 20.0. The summed E-state index contributed by atoms with van der Waals surface area (Å²) in [6.45, 7) is 1.70. The zero-order valence-corrected chi connectivity index (χ0v) is 15.9. The molecule has 27 heavy (non-hydrogen) atoms. The minimum atomic E-state index is -0.903. The van der Waals surface area contributed by atoms with Crippen LogP contribution in [0.5, 0.6) is 11.5 Å². The van der Waals surface area contributed by atoms with Gasteiger partial charge in [-0.1, -0.05) is 24.3 Å². The number of ether oxygens (including phenoxy) is 2. The number of carbonyl (C=O) groups is 1. The fourth-order valence-corrected chi connectivity index (χ4v) is 2.70. The van der Waals surface area contributed by atoms with Crippen LogP contribution in [0.2, 0.25) is 0 Å². The van der Waals surface area contributed by atoms with Gasteiger partial charge in [0.15, 0.2) is 11.5 Å². The Labute approximate surface area is 158 Å². The van der Waals surface area contributed by atoms with E-state index in [1.165, 1.54) is 31.3 Å². The summed E-state index contributed by atoms with van der Waals surface area (Å²) in [6, 6.07) is 11.3. The smallest absolute Gasteiger partial charge is 0.249 e. The Morgan fingerprint density at radius 3 is 2.48 bits per heavy atom. The summed E-state index contributed by atoms with van der Waals surface area (Å²) in [5.41, 5.74) is 1.32. The molecule has 0 aliphatic carbocycles. The summed E-state index contributed by atoms with van der Waals surface area (Å²) in [4.78, 5) is 13.9. The summed E-state index contributed by atoms with van der Waals surface area (Å²) < 4.78 is 24.2. The SMILES string of the molecule is COc1ccc(C(O)CN(C)C(=O)/C(C)=C/c2ccccc2F)cc1OC. The molecular weight excluding hydrogens is 349 g/mol. The Hall–Kier alpha value is -2.86. The highest BCUT2D eigenvalue weighted by Crippen LogP contribution is 2.30. The Balaban J connectivity index is 2.10. The van der Waals surface area contributed by atoms with Gasteiger partial charge in [-0.25, -0.2) is 4.39 Å². The van der Waals surface area contributed by atoms with Gasteiger partial charge in [0.2, 0.25) is 5.91 Å². The van der Waals surface area contributed by atoms with Gasteiger partial charge in [0, 0.05) is 18.2 Å². The van der Waals surface area contributed by atoms with Crippen LogP contribution < -0.4 is 9.47 Å². The minimum Gasteiger partial charge on any atom is -0.493 e. The number of hydrogen-bond donors (Lipinski definition) is 1. The highest BCUT2D eigenvalue weighted by molar-refractivity contribution is 5.97. The third-order valence-corrected chi connectivity index (χ3v) is 4.20. The molecule has 5 nitrogen and oxygen atoms in total. The standard InChI is InChI=1S/C21H24FNO4/c1-14(11-15-7-5-6-8-17(15)22)21(25)23(2)13-18(24)16-9-10-19(26-3)20(12-16)27-4/h5-12,18,24H,13H2,1-4H3/b14-11+. The number of methoxy groups -OCH3 is 2. The normalized spacial score (nSPS) is 12.4. The average Bonchev–Trinajstić information content (AvgIpc) is 2.68. The molecule has 0 radical (unpaired) electrons. The van der Waals surface area contributed by atoms with Crippen molar-refractivity contribution in [2.24, 2.45) is 0 Å². The van der Waals surface area contributed by atoms with Crippen LogP contribution >= 0.6 is 0 Å². The molecule has 1 unspecified atom stereocenters. The first-order chi connectivity index (χ1) is 12.9. The maximum absolute atomic E-state index is 13.7. The van der Waals surface area contributed by atoms with Gasteiger partial charge in [-0.15, -0.1) is 0 Å². The van der Waals surface area contributed by atoms with Gasteiger partial charge in [-0.05, 0) is 36.8 Å². The summed E-state index contributed by atoms with van der Waals surface area (Å²) >= 11 is 0. The molecule has 0 fully saturated rings. The van der Waals surface area contributed by atoms with Crippen molar-refractivity contribution in [1.82, 2.24) is 4.90 Å². The molecule has 0 aliphatic rings. The first-order valence-electron chi connectivity index (χ1n) is 8.45. The van der Waals surface area contributed by atoms with Gasteiger partial charge in [-0.2, -0.15) is 0 Å². The van der Waals surface area contributed by atoms with Gasteiger partial charge in [0.25, 0.3) is 0 Å². The average molecular weight is 373 g/mol. The molecule has 1 atom stereocenters. The highest BCUT2D eigenvalue weighted by Gasteiger charge is 2.18. The topological polar surface area (TPSA) is 59.0 Å². The fraction of sp³-hybridized carbons (Fsp3) is 0.286. The second-order valence-electron chi connectivity index (χ2n) is 6.16. The number of hydrogen-bond acceptors (Lipinski definition) is 4. The van der Waals surface area contributed by atoms with E-state index in [0.717, 1.165) is 0 Å². The molecular formula is C21H24FNO4. The van der Waals surface area contributed by atoms with Crippen molar-refractivity contribution in [3.8, 4) is 11.5 Å². The van der Waals surface area contributed by atoms with Crippen molar-refractivity contribution >= 4 is 12.0 Å². The second-order valence-corrected chi connectivity index (χ2v) is 6.16. The molecule has 0 bridgehead atoms. The molecule has 0 aromatic heterocycles. The lowest BCUT2D eigenvalue weighted by Gasteiger charge is -2.22. The van der Waals surface area contributed by atoms with Crippen LogP contribution in [0.3, 0.4) is 0 Å². The van der Waals surface area contributed by atoms with E-state index < -0.39 is 11.9 Å². The van der Waals surface area contributed by atoms with Crippen molar-refractivity contribution in [3.63, 3.8) is 0 Å². The fourth-order valence-electron chi connectivity index (χ4n) is 2.70. The zero-order valence-electron chi connectivity index (χ0n) is 15.9. The van der Waals surface area contributed by atoms with E-state index in [4.69, 9.17) is 9.47 Å². The monoisotopic (exact) mass is 373 g/mol. The van der Waals surface area contributed by atoms with Crippen molar-refractivity contribution in [1.29, 1.82) is 0 Å². The van der Waals surface area contributed by atoms with E-state index >= 15 is 0 Å². The molecule has 0 heterocycles. The van der Waals surface area contributed by atoms with E-state index in [0.29, 0.717) is 28.2 Å². The van der Waals surface area contributed by atoms with Crippen LogP contribution in [0.15, 0.2) is 48.0 Å². The number of benzene rings is 2. The first-order valence-corrected chi connectivity index (χ1v) is 8.45. The predicted molar refractivity (Wildman–Crippen MR) is 102 cm³/mol. The number of carbonyl (C=O) groups excluding carboxylic acids is 1. The molecule has 0 saturated carbocycles. The van der Waals surface area contributed by atoms with Crippen LogP contribution in [-0.4, -0.2) is 43.7 Å². The number of nitrogens with zero attached hydrogens (tertiary/aromatic N) is 1. The van der Waals surface area contributed by atoms with Crippen molar-refractivity contribution in [3.05, 3.63) is 65.0 Å².